The quantitative estimate of drug-likeness (QED) is 0.336. The van der Waals surface area contributed by atoms with Gasteiger partial charge in [-0.25, -0.2) is 4.98 Å². The summed E-state index contributed by atoms with van der Waals surface area (Å²) in [6.45, 7) is 2.64. The molecule has 0 radical (unpaired) electrons. The van der Waals surface area contributed by atoms with Crippen molar-refractivity contribution < 1.29 is 9.47 Å². The number of nitrogens with zero attached hydrogens (tertiary/aromatic N) is 4. The van der Waals surface area contributed by atoms with Crippen molar-refractivity contribution in [2.75, 3.05) is 0 Å². The number of benzene rings is 2. The van der Waals surface area contributed by atoms with Crippen molar-refractivity contribution in [2.45, 2.75) is 20.1 Å². The summed E-state index contributed by atoms with van der Waals surface area (Å²) >= 11 is 3.40. The summed E-state index contributed by atoms with van der Waals surface area (Å²) in [4.78, 5) is 12.6. The molecule has 0 spiro atoms. The molecule has 2 aromatic carbocycles. The summed E-state index contributed by atoms with van der Waals surface area (Å²) < 4.78 is 12.3. The van der Waals surface area contributed by atoms with Gasteiger partial charge in [0.2, 0.25) is 5.88 Å². The summed E-state index contributed by atoms with van der Waals surface area (Å²) in [6.07, 6.45) is 4.75. The monoisotopic (exact) mass is 486 g/mol. The van der Waals surface area contributed by atoms with Crippen LogP contribution in [0.1, 0.15) is 22.3 Å². The average molecular weight is 487 g/mol. The molecule has 0 unspecified atom stereocenters. The maximum absolute atomic E-state index is 9.01. The molecule has 4 rings (SSSR count). The highest BCUT2D eigenvalue weighted by Crippen LogP contribution is 2.27. The Labute approximate surface area is 194 Å². The zero-order chi connectivity index (χ0) is 22.3. The normalized spacial score (nSPS) is 10.4. The van der Waals surface area contributed by atoms with Gasteiger partial charge in [0.1, 0.15) is 19.3 Å². The lowest BCUT2D eigenvalue weighted by atomic mass is 9.97. The first-order valence-electron chi connectivity index (χ1n) is 9.90. The molecule has 32 heavy (non-hydrogen) atoms. The Hall–Kier alpha value is -3.76. The second-order valence-electron chi connectivity index (χ2n) is 7.03. The lowest BCUT2D eigenvalue weighted by Gasteiger charge is -2.13. The molecule has 4 aromatic rings. The highest BCUT2D eigenvalue weighted by atomic mass is 79.9. The van der Waals surface area contributed by atoms with Crippen LogP contribution >= 0.6 is 15.9 Å². The van der Waals surface area contributed by atoms with E-state index in [1.54, 1.807) is 18.5 Å². The summed E-state index contributed by atoms with van der Waals surface area (Å²) in [7, 11) is 0. The maximum Gasteiger partial charge on any atom is 0.320 e. The topological polar surface area (TPSA) is 80.9 Å². The molecule has 0 aliphatic heterocycles. The van der Waals surface area contributed by atoms with Crippen LogP contribution in [-0.2, 0) is 13.2 Å². The number of rotatable bonds is 7. The van der Waals surface area contributed by atoms with E-state index in [1.165, 1.54) is 11.8 Å². The second kappa shape index (κ2) is 10.0. The third-order valence-electron chi connectivity index (χ3n) is 4.88. The van der Waals surface area contributed by atoms with Crippen LogP contribution in [0, 0.1) is 18.3 Å². The van der Waals surface area contributed by atoms with E-state index in [1.807, 2.05) is 30.3 Å². The summed E-state index contributed by atoms with van der Waals surface area (Å²) in [6, 6.07) is 20.4. The molecule has 0 bridgehead atoms. The Morgan fingerprint density at radius 3 is 2.62 bits per heavy atom. The smallest absolute Gasteiger partial charge is 0.320 e. The van der Waals surface area contributed by atoms with Gasteiger partial charge in [-0.05, 0) is 51.2 Å². The third-order valence-corrected chi connectivity index (χ3v) is 5.42. The number of pyridine rings is 1. The van der Waals surface area contributed by atoms with Gasteiger partial charge in [-0.2, -0.15) is 10.2 Å². The van der Waals surface area contributed by atoms with Crippen molar-refractivity contribution in [1.29, 1.82) is 5.26 Å². The average Bonchev–Trinajstić information content (AvgIpc) is 2.84. The Kier molecular flexibility index (Phi) is 6.73. The zero-order valence-electron chi connectivity index (χ0n) is 17.3. The van der Waals surface area contributed by atoms with Crippen LogP contribution in [0.4, 0.5) is 0 Å². The number of nitriles is 1. The molecule has 0 aliphatic carbocycles. The SMILES string of the molecule is Cc1c(COc2ncc(Br)c(OCc3cncc(C#N)c3)n2)cccc1-c1ccccc1. The molecule has 0 amide bonds. The fourth-order valence-corrected chi connectivity index (χ4v) is 3.50. The zero-order valence-corrected chi connectivity index (χ0v) is 18.9. The summed E-state index contributed by atoms with van der Waals surface area (Å²) in [5.74, 6) is 0.354. The molecule has 0 saturated carbocycles. The minimum Gasteiger partial charge on any atom is -0.472 e. The molecule has 0 fully saturated rings. The standard InChI is InChI=1S/C25H19BrN4O2/c1-17-21(8-5-9-22(17)20-6-3-2-4-7-20)16-32-25-29-14-23(26)24(30-25)31-15-19-10-18(11-27)12-28-13-19/h2-10,12-14H,15-16H2,1H3. The molecule has 7 heteroatoms. The van der Waals surface area contributed by atoms with Gasteiger partial charge >= 0.3 is 6.01 Å². The first-order chi connectivity index (χ1) is 15.6. The molecule has 0 N–H and O–H groups in total. The van der Waals surface area contributed by atoms with Crippen molar-refractivity contribution >= 4 is 15.9 Å². The second-order valence-corrected chi connectivity index (χ2v) is 7.89. The van der Waals surface area contributed by atoms with Gasteiger partial charge in [0.25, 0.3) is 0 Å². The summed E-state index contributed by atoms with van der Waals surface area (Å²) in [5, 5.41) is 9.01. The van der Waals surface area contributed by atoms with Crippen LogP contribution < -0.4 is 9.47 Å². The molecule has 6 nitrogen and oxygen atoms in total. The van der Waals surface area contributed by atoms with Crippen molar-refractivity contribution in [1.82, 2.24) is 15.0 Å². The molecule has 158 valence electrons. The predicted octanol–water partition coefficient (Wildman–Crippen LogP) is 5.64. The number of hydrogen-bond acceptors (Lipinski definition) is 6. The lowest BCUT2D eigenvalue weighted by Crippen LogP contribution is -2.04. The highest BCUT2D eigenvalue weighted by Gasteiger charge is 2.11. The van der Waals surface area contributed by atoms with Crippen LogP contribution in [-0.4, -0.2) is 15.0 Å². The minimum absolute atomic E-state index is 0.218. The molecule has 0 saturated heterocycles. The van der Waals surface area contributed by atoms with E-state index < -0.39 is 0 Å². The van der Waals surface area contributed by atoms with Crippen LogP contribution in [0.2, 0.25) is 0 Å². The number of halogens is 1. The maximum atomic E-state index is 9.01. The summed E-state index contributed by atoms with van der Waals surface area (Å²) in [5.41, 5.74) is 5.78. The largest absolute Gasteiger partial charge is 0.472 e. The number of ether oxygens (including phenoxy) is 2. The van der Waals surface area contributed by atoms with E-state index in [0.717, 1.165) is 22.3 Å². The first kappa shape index (κ1) is 21.5. The van der Waals surface area contributed by atoms with Crippen LogP contribution in [0.5, 0.6) is 11.9 Å². The van der Waals surface area contributed by atoms with Gasteiger partial charge in [-0.3, -0.25) is 4.98 Å². The van der Waals surface area contributed by atoms with Gasteiger partial charge < -0.3 is 9.47 Å². The van der Waals surface area contributed by atoms with E-state index in [-0.39, 0.29) is 12.6 Å². The van der Waals surface area contributed by atoms with Crippen molar-refractivity contribution in [3.63, 3.8) is 0 Å². The molecule has 0 aliphatic rings. The molecular formula is C25H19BrN4O2. The van der Waals surface area contributed by atoms with Crippen molar-refractivity contribution in [3.05, 3.63) is 99.9 Å². The van der Waals surface area contributed by atoms with Crippen LogP contribution in [0.25, 0.3) is 11.1 Å². The lowest BCUT2D eigenvalue weighted by molar-refractivity contribution is 0.256. The van der Waals surface area contributed by atoms with E-state index in [9.17, 15) is 0 Å². The van der Waals surface area contributed by atoms with Gasteiger partial charge in [0.15, 0.2) is 0 Å². The van der Waals surface area contributed by atoms with Gasteiger partial charge in [0.05, 0.1) is 16.2 Å². The highest BCUT2D eigenvalue weighted by molar-refractivity contribution is 9.10. The van der Waals surface area contributed by atoms with Gasteiger partial charge in [-0.1, -0.05) is 48.5 Å². The van der Waals surface area contributed by atoms with Crippen LogP contribution in [0.3, 0.4) is 0 Å². The fraction of sp³-hybridized carbons (Fsp3) is 0.120. The van der Waals surface area contributed by atoms with E-state index in [2.05, 4.69) is 62.1 Å². The molecule has 0 atom stereocenters. The van der Waals surface area contributed by atoms with Crippen molar-refractivity contribution in [2.24, 2.45) is 0 Å². The first-order valence-corrected chi connectivity index (χ1v) is 10.7. The molecule has 2 aromatic heterocycles. The van der Waals surface area contributed by atoms with E-state index >= 15 is 0 Å². The molecule has 2 heterocycles. The Balaban J connectivity index is 1.46. The Morgan fingerprint density at radius 2 is 1.81 bits per heavy atom. The fourth-order valence-electron chi connectivity index (χ4n) is 3.20. The van der Waals surface area contributed by atoms with Gasteiger partial charge in [-0.15, -0.1) is 0 Å². The number of hydrogen-bond donors (Lipinski definition) is 0. The number of aromatic nitrogens is 3. The van der Waals surface area contributed by atoms with E-state index in [0.29, 0.717) is 22.5 Å². The van der Waals surface area contributed by atoms with E-state index in [4.69, 9.17) is 14.7 Å². The van der Waals surface area contributed by atoms with Gasteiger partial charge in [0, 0.05) is 18.0 Å². The van der Waals surface area contributed by atoms with Crippen molar-refractivity contribution in [3.8, 4) is 29.1 Å². The Morgan fingerprint density at radius 1 is 0.969 bits per heavy atom. The third kappa shape index (κ3) is 5.10. The Bertz CT molecular complexity index is 1270. The predicted molar refractivity (Wildman–Crippen MR) is 124 cm³/mol. The molecular weight excluding hydrogens is 468 g/mol. The van der Waals surface area contributed by atoms with Crippen LogP contribution in [0.15, 0.2) is 77.7 Å². The minimum atomic E-state index is 0.218.